The topological polar surface area (TPSA) is 54.2 Å². The van der Waals surface area contributed by atoms with Gasteiger partial charge in [0.1, 0.15) is 10.8 Å². The summed E-state index contributed by atoms with van der Waals surface area (Å²) in [4.78, 5) is 7.21. The van der Waals surface area contributed by atoms with Crippen LogP contribution in [0.2, 0.25) is 0 Å². The highest BCUT2D eigenvalue weighted by Gasteiger charge is 2.14. The first-order chi connectivity index (χ1) is 8.65. The first-order valence-electron chi connectivity index (χ1n) is 6.41. The molecule has 18 heavy (non-hydrogen) atoms. The number of pyridine rings is 1. The van der Waals surface area contributed by atoms with Gasteiger partial charge in [-0.3, -0.25) is 0 Å². The molecule has 0 saturated carbocycles. The third-order valence-electron chi connectivity index (χ3n) is 3.13. The number of hydrogen-bond donors (Lipinski definition) is 2. The fourth-order valence-corrected chi connectivity index (χ4v) is 2.42. The third-order valence-corrected chi connectivity index (χ3v) is 3.34. The van der Waals surface area contributed by atoms with Gasteiger partial charge in [-0.15, -0.1) is 0 Å². The first kappa shape index (κ1) is 13.2. The van der Waals surface area contributed by atoms with Gasteiger partial charge in [0.2, 0.25) is 0 Å². The Labute approximate surface area is 114 Å². The van der Waals surface area contributed by atoms with E-state index in [0.717, 1.165) is 12.4 Å². The lowest BCUT2D eigenvalue weighted by molar-refractivity contribution is 0.327. The number of likely N-dealkylation sites (tertiary alicyclic amines) is 1. The summed E-state index contributed by atoms with van der Waals surface area (Å²) in [5.41, 5.74) is 6.25. The van der Waals surface area contributed by atoms with Crippen LogP contribution in [-0.4, -0.2) is 40.5 Å². The van der Waals surface area contributed by atoms with Gasteiger partial charge in [0.15, 0.2) is 0 Å². The average molecular weight is 264 g/mol. The number of nitrogens with one attached hydrogen (secondary N) is 1. The van der Waals surface area contributed by atoms with Crippen LogP contribution in [0.25, 0.3) is 0 Å². The molecule has 1 fully saturated rings. The highest BCUT2D eigenvalue weighted by molar-refractivity contribution is 7.80. The second kappa shape index (κ2) is 6.11. The Morgan fingerprint density at radius 2 is 2.22 bits per heavy atom. The second-order valence-electron chi connectivity index (χ2n) is 4.83. The van der Waals surface area contributed by atoms with Crippen molar-refractivity contribution in [1.82, 2.24) is 9.88 Å². The smallest absolute Gasteiger partial charge is 0.126 e. The number of thiocarbonyl (C=S) groups is 1. The molecule has 0 amide bonds. The fourth-order valence-electron chi connectivity index (χ4n) is 2.30. The highest BCUT2D eigenvalue weighted by Crippen LogP contribution is 2.11. The SMILES string of the molecule is CC(CN1CCCC1)Nc1cccc(C(N)=S)n1. The second-order valence-corrected chi connectivity index (χ2v) is 5.27. The molecule has 2 heterocycles. The Bertz CT molecular complexity index is 415. The van der Waals surface area contributed by atoms with Crippen molar-refractivity contribution >= 4 is 23.0 Å². The van der Waals surface area contributed by atoms with Crippen molar-refractivity contribution in [3.63, 3.8) is 0 Å². The first-order valence-corrected chi connectivity index (χ1v) is 6.82. The van der Waals surface area contributed by atoms with E-state index >= 15 is 0 Å². The standard InChI is InChI=1S/C13H20N4S/c1-10(9-17-7-2-3-8-17)15-12-6-4-5-11(16-12)13(14)18/h4-6,10H,2-3,7-9H2,1H3,(H2,14,18)(H,15,16). The predicted octanol–water partition coefficient (Wildman–Crippen LogP) is 1.61. The maximum absolute atomic E-state index is 5.58. The van der Waals surface area contributed by atoms with Crippen LogP contribution >= 0.6 is 12.2 Å². The zero-order valence-electron chi connectivity index (χ0n) is 10.7. The summed E-state index contributed by atoms with van der Waals surface area (Å²) in [5.74, 6) is 0.840. The Balaban J connectivity index is 1.91. The summed E-state index contributed by atoms with van der Waals surface area (Å²) in [6.07, 6.45) is 2.64. The van der Waals surface area contributed by atoms with E-state index in [-0.39, 0.29) is 0 Å². The van der Waals surface area contributed by atoms with Crippen molar-refractivity contribution in [2.45, 2.75) is 25.8 Å². The molecule has 4 nitrogen and oxygen atoms in total. The van der Waals surface area contributed by atoms with Gasteiger partial charge < -0.3 is 16.0 Å². The van der Waals surface area contributed by atoms with Crippen LogP contribution in [-0.2, 0) is 0 Å². The Hall–Kier alpha value is -1.20. The van der Waals surface area contributed by atoms with Gasteiger partial charge in [0.05, 0.1) is 5.69 Å². The van der Waals surface area contributed by atoms with Crippen LogP contribution < -0.4 is 11.1 Å². The molecule has 0 aromatic carbocycles. The van der Waals surface area contributed by atoms with Gasteiger partial charge in [0.25, 0.3) is 0 Å². The number of nitrogens with two attached hydrogens (primary N) is 1. The van der Waals surface area contributed by atoms with Crippen molar-refractivity contribution in [2.24, 2.45) is 5.73 Å². The molecule has 2 rings (SSSR count). The van der Waals surface area contributed by atoms with Crippen molar-refractivity contribution in [2.75, 3.05) is 25.0 Å². The molecular formula is C13H20N4S. The quantitative estimate of drug-likeness (QED) is 0.791. The van der Waals surface area contributed by atoms with E-state index in [0.29, 0.717) is 16.7 Å². The molecule has 1 saturated heterocycles. The zero-order chi connectivity index (χ0) is 13.0. The number of aromatic nitrogens is 1. The van der Waals surface area contributed by atoms with Gasteiger partial charge in [-0.25, -0.2) is 4.98 Å². The molecule has 0 aliphatic carbocycles. The third kappa shape index (κ3) is 3.65. The van der Waals surface area contributed by atoms with Gasteiger partial charge in [-0.2, -0.15) is 0 Å². The lowest BCUT2D eigenvalue weighted by Crippen LogP contribution is -2.33. The minimum atomic E-state index is 0.339. The summed E-state index contributed by atoms with van der Waals surface area (Å²) in [7, 11) is 0. The van der Waals surface area contributed by atoms with Crippen molar-refractivity contribution in [3.8, 4) is 0 Å². The number of hydrogen-bond acceptors (Lipinski definition) is 4. The number of nitrogens with zero attached hydrogens (tertiary/aromatic N) is 2. The number of anilines is 1. The summed E-state index contributed by atoms with van der Waals surface area (Å²) in [6, 6.07) is 6.07. The summed E-state index contributed by atoms with van der Waals surface area (Å²) in [6.45, 7) is 5.66. The van der Waals surface area contributed by atoms with Crippen LogP contribution in [0.15, 0.2) is 18.2 Å². The van der Waals surface area contributed by atoms with E-state index in [4.69, 9.17) is 18.0 Å². The van der Waals surface area contributed by atoms with Gasteiger partial charge in [0, 0.05) is 12.6 Å². The van der Waals surface area contributed by atoms with Crippen LogP contribution in [0.3, 0.4) is 0 Å². The summed E-state index contributed by atoms with van der Waals surface area (Å²) in [5, 5.41) is 3.40. The molecule has 1 aliphatic heterocycles. The molecule has 0 bridgehead atoms. The molecule has 1 aliphatic rings. The predicted molar refractivity (Wildman–Crippen MR) is 78.9 cm³/mol. The molecule has 5 heteroatoms. The van der Waals surface area contributed by atoms with Crippen LogP contribution in [0.1, 0.15) is 25.5 Å². The molecule has 0 radical (unpaired) electrons. The average Bonchev–Trinajstić information content (AvgIpc) is 2.82. The van der Waals surface area contributed by atoms with E-state index in [9.17, 15) is 0 Å². The van der Waals surface area contributed by atoms with E-state index in [1.54, 1.807) is 0 Å². The lowest BCUT2D eigenvalue weighted by Gasteiger charge is -2.21. The maximum Gasteiger partial charge on any atom is 0.126 e. The normalized spacial score (nSPS) is 17.6. The van der Waals surface area contributed by atoms with Crippen molar-refractivity contribution in [1.29, 1.82) is 0 Å². The molecular weight excluding hydrogens is 244 g/mol. The van der Waals surface area contributed by atoms with Crippen molar-refractivity contribution in [3.05, 3.63) is 23.9 Å². The molecule has 1 aromatic heterocycles. The van der Waals surface area contributed by atoms with Crippen molar-refractivity contribution < 1.29 is 0 Å². The highest BCUT2D eigenvalue weighted by atomic mass is 32.1. The van der Waals surface area contributed by atoms with Gasteiger partial charge in [-0.05, 0) is 45.0 Å². The molecule has 1 atom stereocenters. The molecule has 98 valence electrons. The lowest BCUT2D eigenvalue weighted by atomic mass is 10.3. The van der Waals surface area contributed by atoms with Crippen LogP contribution in [0.5, 0.6) is 0 Å². The Morgan fingerprint density at radius 1 is 1.50 bits per heavy atom. The maximum atomic E-state index is 5.58. The number of rotatable bonds is 5. The summed E-state index contributed by atoms with van der Waals surface area (Å²) < 4.78 is 0. The minimum Gasteiger partial charge on any atom is -0.388 e. The zero-order valence-corrected chi connectivity index (χ0v) is 11.5. The molecule has 1 aromatic rings. The molecule has 3 N–H and O–H groups in total. The Kier molecular flexibility index (Phi) is 4.49. The largest absolute Gasteiger partial charge is 0.388 e. The van der Waals surface area contributed by atoms with E-state index in [1.165, 1.54) is 25.9 Å². The van der Waals surface area contributed by atoms with E-state index in [2.05, 4.69) is 22.1 Å². The van der Waals surface area contributed by atoms with E-state index < -0.39 is 0 Å². The van der Waals surface area contributed by atoms with Gasteiger partial charge in [-0.1, -0.05) is 18.3 Å². The van der Waals surface area contributed by atoms with Crippen LogP contribution in [0.4, 0.5) is 5.82 Å². The minimum absolute atomic E-state index is 0.339. The van der Waals surface area contributed by atoms with Crippen LogP contribution in [0, 0.1) is 0 Å². The molecule has 1 unspecified atom stereocenters. The molecule has 0 spiro atoms. The Morgan fingerprint density at radius 3 is 2.89 bits per heavy atom. The summed E-state index contributed by atoms with van der Waals surface area (Å²) >= 11 is 4.93. The van der Waals surface area contributed by atoms with Gasteiger partial charge >= 0.3 is 0 Å². The fraction of sp³-hybridized carbons (Fsp3) is 0.538. The monoisotopic (exact) mass is 264 g/mol. The van der Waals surface area contributed by atoms with E-state index in [1.807, 2.05) is 18.2 Å².